The van der Waals surface area contributed by atoms with E-state index >= 15 is 0 Å². The molecular formula is C20H25N3O4S. The van der Waals surface area contributed by atoms with Crippen molar-refractivity contribution in [3.05, 3.63) is 51.9 Å². The molecule has 0 atom stereocenters. The number of carbonyl (C=O) groups excluding carboxylic acids is 2. The number of ether oxygens (including phenoxy) is 1. The van der Waals surface area contributed by atoms with Crippen molar-refractivity contribution in [3.63, 3.8) is 0 Å². The first-order valence-electron chi connectivity index (χ1n) is 9.19. The molecule has 0 aliphatic carbocycles. The van der Waals surface area contributed by atoms with Crippen molar-refractivity contribution in [3.8, 4) is 0 Å². The average molecular weight is 404 g/mol. The molecule has 0 fully saturated rings. The summed E-state index contributed by atoms with van der Waals surface area (Å²) in [5.74, 6) is -1.12. The van der Waals surface area contributed by atoms with Gasteiger partial charge in [-0.25, -0.2) is 9.78 Å². The van der Waals surface area contributed by atoms with Gasteiger partial charge in [0.25, 0.3) is 5.56 Å². The van der Waals surface area contributed by atoms with Gasteiger partial charge in [0.15, 0.2) is 5.16 Å². The van der Waals surface area contributed by atoms with E-state index in [2.05, 4.69) is 17.2 Å². The molecular weight excluding hydrogens is 378 g/mol. The molecule has 8 heteroatoms. The Kier molecular flexibility index (Phi) is 8.25. The highest BCUT2D eigenvalue weighted by Gasteiger charge is 2.18. The predicted molar refractivity (Wildman–Crippen MR) is 110 cm³/mol. The number of anilines is 1. The zero-order chi connectivity index (χ0) is 20.5. The Balaban J connectivity index is 2.15. The summed E-state index contributed by atoms with van der Waals surface area (Å²) in [5.41, 5.74) is 1.08. The fourth-order valence-electron chi connectivity index (χ4n) is 2.61. The number of hydrogen-bond acceptors (Lipinski definition) is 6. The first-order valence-corrected chi connectivity index (χ1v) is 10.4. The second-order valence-electron chi connectivity index (χ2n) is 6.12. The lowest BCUT2D eigenvalue weighted by molar-refractivity contribution is -0.116. The molecule has 2 rings (SSSR count). The minimum absolute atomic E-state index is 0.150. The van der Waals surface area contributed by atoms with Gasteiger partial charge in [0.05, 0.1) is 12.8 Å². The highest BCUT2D eigenvalue weighted by molar-refractivity contribution is 7.98. The maximum atomic E-state index is 12.6. The standard InChI is InChI=1S/C20H25N3O4S/c1-4-6-7-14-8-10-15(11-9-14)22-17(24)13-23-18(25)16(19(26)27-5-2)12-21-20(23)28-3/h8-12H,4-7,13H2,1-3H3,(H,22,24). The van der Waals surface area contributed by atoms with Gasteiger partial charge < -0.3 is 10.1 Å². The molecule has 1 heterocycles. The number of nitrogens with one attached hydrogen (secondary N) is 1. The largest absolute Gasteiger partial charge is 0.462 e. The molecule has 0 aliphatic rings. The van der Waals surface area contributed by atoms with Gasteiger partial charge in [-0.05, 0) is 43.7 Å². The van der Waals surface area contributed by atoms with Crippen molar-refractivity contribution in [2.45, 2.75) is 44.8 Å². The fourth-order valence-corrected chi connectivity index (χ4v) is 3.13. The van der Waals surface area contributed by atoms with Crippen LogP contribution in [0.1, 0.15) is 42.6 Å². The monoisotopic (exact) mass is 403 g/mol. The molecule has 0 aliphatic heterocycles. The zero-order valence-corrected chi connectivity index (χ0v) is 17.2. The Morgan fingerprint density at radius 3 is 2.54 bits per heavy atom. The highest BCUT2D eigenvalue weighted by atomic mass is 32.2. The van der Waals surface area contributed by atoms with Gasteiger partial charge >= 0.3 is 5.97 Å². The molecule has 28 heavy (non-hydrogen) atoms. The summed E-state index contributed by atoms with van der Waals surface area (Å²) in [5, 5.41) is 3.12. The Bertz CT molecular complexity index is 878. The number of amides is 1. The van der Waals surface area contributed by atoms with Gasteiger partial charge in [0, 0.05) is 5.69 Å². The number of esters is 1. The number of nitrogens with zero attached hydrogens (tertiary/aromatic N) is 2. The number of benzene rings is 1. The molecule has 7 nitrogen and oxygen atoms in total. The summed E-state index contributed by atoms with van der Waals surface area (Å²) < 4.78 is 6.06. The summed E-state index contributed by atoms with van der Waals surface area (Å²) in [7, 11) is 0. The molecule has 0 spiro atoms. The van der Waals surface area contributed by atoms with E-state index in [4.69, 9.17) is 4.74 Å². The molecule has 2 aromatic rings. The van der Waals surface area contributed by atoms with Gasteiger partial charge in [-0.2, -0.15) is 0 Å². The molecule has 0 saturated heterocycles. The molecule has 0 radical (unpaired) electrons. The van der Waals surface area contributed by atoms with E-state index in [9.17, 15) is 14.4 Å². The van der Waals surface area contributed by atoms with Crippen LogP contribution < -0.4 is 10.9 Å². The van der Waals surface area contributed by atoms with Crippen LogP contribution in [0.25, 0.3) is 0 Å². The van der Waals surface area contributed by atoms with E-state index in [-0.39, 0.29) is 24.6 Å². The summed E-state index contributed by atoms with van der Waals surface area (Å²) in [6.07, 6.45) is 6.19. The maximum absolute atomic E-state index is 12.6. The molecule has 0 saturated carbocycles. The Labute approximate surface area is 168 Å². The van der Waals surface area contributed by atoms with Gasteiger partial charge in [-0.15, -0.1) is 0 Å². The van der Waals surface area contributed by atoms with E-state index in [1.165, 1.54) is 28.1 Å². The SMILES string of the molecule is CCCCc1ccc(NC(=O)Cn2c(SC)ncc(C(=O)OCC)c2=O)cc1. The normalized spacial score (nSPS) is 10.5. The number of unbranched alkanes of at least 4 members (excludes halogenated alkanes) is 1. The van der Waals surface area contributed by atoms with Gasteiger partial charge in [-0.3, -0.25) is 14.2 Å². The molecule has 0 unspecified atom stereocenters. The maximum Gasteiger partial charge on any atom is 0.345 e. The minimum atomic E-state index is -0.746. The van der Waals surface area contributed by atoms with Crippen LogP contribution in [0.2, 0.25) is 0 Å². The number of hydrogen-bond donors (Lipinski definition) is 1. The highest BCUT2D eigenvalue weighted by Crippen LogP contribution is 2.13. The van der Waals surface area contributed by atoms with Crippen LogP contribution in [-0.2, 0) is 22.5 Å². The molecule has 1 amide bonds. The summed E-state index contributed by atoms with van der Waals surface area (Å²) >= 11 is 1.22. The fraction of sp³-hybridized carbons (Fsp3) is 0.400. The van der Waals surface area contributed by atoms with Crippen LogP contribution in [-0.4, -0.2) is 34.3 Å². The van der Waals surface area contributed by atoms with E-state index < -0.39 is 11.5 Å². The second kappa shape index (κ2) is 10.7. The third-order valence-corrected chi connectivity index (χ3v) is 4.74. The summed E-state index contributed by atoms with van der Waals surface area (Å²) in [6, 6.07) is 7.64. The number of aromatic nitrogens is 2. The predicted octanol–water partition coefficient (Wildman–Crippen LogP) is 3.12. The Morgan fingerprint density at radius 2 is 1.93 bits per heavy atom. The van der Waals surface area contributed by atoms with Gasteiger partial charge in [0.1, 0.15) is 12.1 Å². The molecule has 0 bridgehead atoms. The Hall–Kier alpha value is -2.61. The number of carbonyl (C=O) groups is 2. The lowest BCUT2D eigenvalue weighted by atomic mass is 10.1. The molecule has 1 N–H and O–H groups in total. The van der Waals surface area contributed by atoms with Crippen molar-refractivity contribution < 1.29 is 14.3 Å². The van der Waals surface area contributed by atoms with Gasteiger partial charge in [0.2, 0.25) is 5.91 Å². The first kappa shape index (κ1) is 21.7. The van der Waals surface area contributed by atoms with E-state index in [0.717, 1.165) is 19.3 Å². The first-order chi connectivity index (χ1) is 13.5. The van der Waals surface area contributed by atoms with Crippen molar-refractivity contribution in [2.75, 3.05) is 18.2 Å². The minimum Gasteiger partial charge on any atom is -0.462 e. The van der Waals surface area contributed by atoms with Crippen LogP contribution in [0.5, 0.6) is 0 Å². The van der Waals surface area contributed by atoms with Crippen molar-refractivity contribution in [1.29, 1.82) is 0 Å². The smallest absolute Gasteiger partial charge is 0.345 e. The molecule has 1 aromatic heterocycles. The second-order valence-corrected chi connectivity index (χ2v) is 6.89. The molecule has 1 aromatic carbocycles. The number of aryl methyl sites for hydroxylation is 1. The average Bonchev–Trinajstić information content (AvgIpc) is 2.69. The lowest BCUT2D eigenvalue weighted by Gasteiger charge is -2.12. The third-order valence-electron chi connectivity index (χ3n) is 4.05. The lowest BCUT2D eigenvalue weighted by Crippen LogP contribution is -2.33. The van der Waals surface area contributed by atoms with Crippen molar-refractivity contribution >= 4 is 29.3 Å². The van der Waals surface area contributed by atoms with E-state index in [1.54, 1.807) is 13.2 Å². The van der Waals surface area contributed by atoms with Crippen LogP contribution in [0, 0.1) is 0 Å². The zero-order valence-electron chi connectivity index (χ0n) is 16.4. The van der Waals surface area contributed by atoms with Crippen molar-refractivity contribution in [2.24, 2.45) is 0 Å². The summed E-state index contributed by atoms with van der Waals surface area (Å²) in [4.78, 5) is 41.1. The molecule has 150 valence electrons. The number of thioether (sulfide) groups is 1. The van der Waals surface area contributed by atoms with Crippen LogP contribution >= 0.6 is 11.8 Å². The Morgan fingerprint density at radius 1 is 1.21 bits per heavy atom. The van der Waals surface area contributed by atoms with Gasteiger partial charge in [-0.1, -0.05) is 37.2 Å². The van der Waals surface area contributed by atoms with Crippen LogP contribution in [0.3, 0.4) is 0 Å². The quantitative estimate of drug-likeness (QED) is 0.393. The number of rotatable bonds is 9. The van der Waals surface area contributed by atoms with Crippen molar-refractivity contribution in [1.82, 2.24) is 9.55 Å². The third kappa shape index (κ3) is 5.69. The summed E-state index contributed by atoms with van der Waals surface area (Å²) in [6.45, 7) is 3.70. The van der Waals surface area contributed by atoms with E-state index in [0.29, 0.717) is 10.8 Å². The van der Waals surface area contributed by atoms with Crippen LogP contribution in [0.4, 0.5) is 5.69 Å². The topological polar surface area (TPSA) is 90.3 Å². The van der Waals surface area contributed by atoms with E-state index in [1.807, 2.05) is 24.3 Å². The van der Waals surface area contributed by atoms with Crippen LogP contribution in [0.15, 0.2) is 40.4 Å².